The summed E-state index contributed by atoms with van der Waals surface area (Å²) in [5.41, 5.74) is 3.52. The molecule has 2 aromatic rings. The highest BCUT2D eigenvalue weighted by molar-refractivity contribution is 6.42. The van der Waals surface area contributed by atoms with Crippen LogP contribution < -0.4 is 4.90 Å². The number of anilines is 1. The van der Waals surface area contributed by atoms with Gasteiger partial charge in [0.05, 0.1) is 28.3 Å². The van der Waals surface area contributed by atoms with Gasteiger partial charge in [0.15, 0.2) is 0 Å². The Morgan fingerprint density at radius 2 is 1.72 bits per heavy atom. The average molecular weight is 430 g/mol. The summed E-state index contributed by atoms with van der Waals surface area (Å²) in [6.45, 7) is 5.94. The molecule has 1 amide bonds. The minimum atomic E-state index is -0.566. The Morgan fingerprint density at radius 1 is 1.07 bits per heavy atom. The molecule has 1 aliphatic heterocycles. The number of ether oxygens (including phenoxy) is 1. The standard InChI is InChI=1S/C23H21Cl2NO3/c1-13(2)16-6-8-17(9-7-16)26-14(3)21(23(28)29-4)18(22(26)27)11-15-5-10-19(24)20(25)12-15/h5-13H,1-4H3/b18-11-. The molecule has 0 saturated carbocycles. The van der Waals surface area contributed by atoms with E-state index in [4.69, 9.17) is 27.9 Å². The Hall–Kier alpha value is -2.56. The van der Waals surface area contributed by atoms with Crippen molar-refractivity contribution in [3.05, 3.63) is 80.5 Å². The van der Waals surface area contributed by atoms with Crippen molar-refractivity contribution < 1.29 is 14.3 Å². The van der Waals surface area contributed by atoms with Gasteiger partial charge in [-0.2, -0.15) is 0 Å². The van der Waals surface area contributed by atoms with Crippen molar-refractivity contribution in [2.24, 2.45) is 0 Å². The lowest BCUT2D eigenvalue weighted by molar-refractivity contribution is -0.136. The summed E-state index contributed by atoms with van der Waals surface area (Å²) in [5, 5.41) is 0.784. The van der Waals surface area contributed by atoms with Crippen molar-refractivity contribution in [2.45, 2.75) is 26.7 Å². The summed E-state index contributed by atoms with van der Waals surface area (Å²) < 4.78 is 4.93. The molecule has 1 heterocycles. The molecule has 6 heteroatoms. The van der Waals surface area contributed by atoms with Crippen LogP contribution in [-0.4, -0.2) is 19.0 Å². The summed E-state index contributed by atoms with van der Waals surface area (Å²) in [6.07, 6.45) is 1.63. The van der Waals surface area contributed by atoms with Gasteiger partial charge in [0.1, 0.15) is 0 Å². The molecule has 0 saturated heterocycles. The Bertz CT molecular complexity index is 1040. The van der Waals surface area contributed by atoms with Crippen LogP contribution in [0.25, 0.3) is 6.08 Å². The van der Waals surface area contributed by atoms with Crippen molar-refractivity contribution in [1.29, 1.82) is 0 Å². The number of benzene rings is 2. The monoisotopic (exact) mass is 429 g/mol. The zero-order valence-corrected chi connectivity index (χ0v) is 18.1. The first kappa shape index (κ1) is 21.2. The molecule has 2 aromatic carbocycles. The highest BCUT2D eigenvalue weighted by Gasteiger charge is 2.37. The largest absolute Gasteiger partial charge is 0.465 e. The zero-order chi connectivity index (χ0) is 21.3. The van der Waals surface area contributed by atoms with E-state index in [1.807, 2.05) is 24.3 Å². The van der Waals surface area contributed by atoms with E-state index in [9.17, 15) is 9.59 Å². The molecule has 0 spiro atoms. The van der Waals surface area contributed by atoms with E-state index in [0.717, 1.165) is 0 Å². The first-order valence-electron chi connectivity index (χ1n) is 9.15. The quantitative estimate of drug-likeness (QED) is 0.442. The summed E-state index contributed by atoms with van der Waals surface area (Å²) in [4.78, 5) is 27.3. The molecule has 0 bridgehead atoms. The van der Waals surface area contributed by atoms with E-state index in [2.05, 4.69) is 13.8 Å². The number of methoxy groups -OCH3 is 1. The number of rotatable bonds is 4. The highest BCUT2D eigenvalue weighted by Crippen LogP contribution is 2.36. The molecule has 0 aromatic heterocycles. The summed E-state index contributed by atoms with van der Waals surface area (Å²) in [5.74, 6) is -0.486. The normalized spacial score (nSPS) is 15.6. The Kier molecular flexibility index (Phi) is 6.15. The van der Waals surface area contributed by atoms with Crippen LogP contribution in [0.4, 0.5) is 5.69 Å². The summed E-state index contributed by atoms with van der Waals surface area (Å²) in [7, 11) is 1.30. The smallest absolute Gasteiger partial charge is 0.340 e. The van der Waals surface area contributed by atoms with Crippen LogP contribution >= 0.6 is 23.2 Å². The molecule has 29 heavy (non-hydrogen) atoms. The molecule has 3 rings (SSSR count). The molecule has 0 atom stereocenters. The number of allylic oxidation sites excluding steroid dienone is 1. The number of carbonyl (C=O) groups is 2. The van der Waals surface area contributed by atoms with Crippen LogP contribution in [0, 0.1) is 0 Å². The van der Waals surface area contributed by atoms with Crippen LogP contribution in [0.15, 0.2) is 59.3 Å². The topological polar surface area (TPSA) is 46.6 Å². The van der Waals surface area contributed by atoms with Gasteiger partial charge in [0, 0.05) is 11.4 Å². The second-order valence-corrected chi connectivity index (χ2v) is 7.88. The maximum absolute atomic E-state index is 13.3. The molecule has 4 nitrogen and oxygen atoms in total. The van der Waals surface area contributed by atoms with E-state index >= 15 is 0 Å². The van der Waals surface area contributed by atoms with Gasteiger partial charge in [-0.15, -0.1) is 0 Å². The molecule has 1 aliphatic rings. The maximum atomic E-state index is 13.3. The lowest BCUT2D eigenvalue weighted by atomic mass is 10.0. The van der Waals surface area contributed by atoms with Crippen molar-refractivity contribution in [3.8, 4) is 0 Å². The van der Waals surface area contributed by atoms with Gasteiger partial charge in [-0.25, -0.2) is 4.79 Å². The van der Waals surface area contributed by atoms with Crippen LogP contribution in [0.5, 0.6) is 0 Å². The molecular weight excluding hydrogens is 409 g/mol. The van der Waals surface area contributed by atoms with Gasteiger partial charge in [-0.3, -0.25) is 9.69 Å². The fourth-order valence-corrected chi connectivity index (χ4v) is 3.57. The minimum Gasteiger partial charge on any atom is -0.465 e. The van der Waals surface area contributed by atoms with Gasteiger partial charge in [0.2, 0.25) is 0 Å². The molecule has 0 fully saturated rings. The van der Waals surface area contributed by atoms with Gasteiger partial charge in [-0.05, 0) is 54.3 Å². The van der Waals surface area contributed by atoms with E-state index in [0.29, 0.717) is 32.9 Å². The van der Waals surface area contributed by atoms with Gasteiger partial charge < -0.3 is 4.74 Å². The summed E-state index contributed by atoms with van der Waals surface area (Å²) >= 11 is 12.1. The van der Waals surface area contributed by atoms with Crippen molar-refractivity contribution >= 4 is 46.8 Å². The molecule has 0 unspecified atom stereocenters. The number of amides is 1. The number of hydrogen-bond acceptors (Lipinski definition) is 3. The maximum Gasteiger partial charge on any atom is 0.340 e. The number of esters is 1. The SMILES string of the molecule is COC(=O)C1=C(C)N(c2ccc(C(C)C)cc2)C(=O)/C1=C\c1ccc(Cl)c(Cl)c1. The predicted molar refractivity (Wildman–Crippen MR) is 117 cm³/mol. The molecule has 0 N–H and O–H groups in total. The Balaban J connectivity index is 2.10. The van der Waals surface area contributed by atoms with Crippen molar-refractivity contribution in [2.75, 3.05) is 12.0 Å². The number of nitrogens with zero attached hydrogens (tertiary/aromatic N) is 1. The second kappa shape index (κ2) is 8.44. The predicted octanol–water partition coefficient (Wildman–Crippen LogP) is 5.99. The molecule has 0 aliphatic carbocycles. The zero-order valence-electron chi connectivity index (χ0n) is 16.6. The number of halogens is 2. The van der Waals surface area contributed by atoms with Crippen LogP contribution in [-0.2, 0) is 14.3 Å². The molecule has 0 radical (unpaired) electrons. The van der Waals surface area contributed by atoms with Gasteiger partial charge in [-0.1, -0.05) is 55.2 Å². The fourth-order valence-electron chi connectivity index (χ4n) is 3.27. The third-order valence-corrected chi connectivity index (χ3v) is 5.60. The number of hydrogen-bond donors (Lipinski definition) is 0. The number of carbonyl (C=O) groups excluding carboxylic acids is 2. The van der Waals surface area contributed by atoms with Crippen LogP contribution in [0.3, 0.4) is 0 Å². The van der Waals surface area contributed by atoms with Gasteiger partial charge in [0.25, 0.3) is 5.91 Å². The Morgan fingerprint density at radius 3 is 2.28 bits per heavy atom. The van der Waals surface area contributed by atoms with E-state index in [1.54, 1.807) is 31.2 Å². The van der Waals surface area contributed by atoms with E-state index in [-0.39, 0.29) is 17.1 Å². The van der Waals surface area contributed by atoms with Crippen LogP contribution in [0.2, 0.25) is 10.0 Å². The van der Waals surface area contributed by atoms with E-state index < -0.39 is 5.97 Å². The third kappa shape index (κ3) is 4.09. The van der Waals surface area contributed by atoms with Crippen molar-refractivity contribution in [3.63, 3.8) is 0 Å². The fraction of sp³-hybridized carbons (Fsp3) is 0.217. The highest BCUT2D eigenvalue weighted by atomic mass is 35.5. The average Bonchev–Trinajstić information content (AvgIpc) is 2.94. The Labute approximate surface area is 180 Å². The first-order valence-corrected chi connectivity index (χ1v) is 9.91. The molecular formula is C23H21Cl2NO3. The van der Waals surface area contributed by atoms with E-state index in [1.165, 1.54) is 17.6 Å². The van der Waals surface area contributed by atoms with Crippen molar-refractivity contribution in [1.82, 2.24) is 0 Å². The minimum absolute atomic E-state index is 0.233. The molecule has 150 valence electrons. The first-order chi connectivity index (χ1) is 13.7. The van der Waals surface area contributed by atoms with Gasteiger partial charge >= 0.3 is 5.97 Å². The third-order valence-electron chi connectivity index (χ3n) is 4.86. The van der Waals surface area contributed by atoms with Crippen LogP contribution in [0.1, 0.15) is 37.8 Å². The lowest BCUT2D eigenvalue weighted by Crippen LogP contribution is -2.24. The lowest BCUT2D eigenvalue weighted by Gasteiger charge is -2.19. The summed E-state index contributed by atoms with van der Waals surface area (Å²) in [6, 6.07) is 12.8. The second-order valence-electron chi connectivity index (χ2n) is 7.07.